The molecule has 0 saturated heterocycles. The van der Waals surface area contributed by atoms with Crippen LogP contribution in [0, 0.1) is 11.3 Å². The van der Waals surface area contributed by atoms with Crippen LogP contribution < -0.4 is 9.47 Å². The third-order valence-corrected chi connectivity index (χ3v) is 4.76. The average Bonchev–Trinajstić information content (AvgIpc) is 2.83. The molecule has 5 nitrogen and oxygen atoms in total. The maximum absolute atomic E-state index is 13.3. The van der Waals surface area contributed by atoms with Gasteiger partial charge >= 0.3 is 0 Å². The molecule has 0 radical (unpaired) electrons. The SMILES string of the molecule is N#CCCN(CCc1ccccc1)C(=O)c1ccccc1OCCOc1ccccc1. The van der Waals surface area contributed by atoms with Crippen LogP contribution in [0.5, 0.6) is 11.5 Å². The van der Waals surface area contributed by atoms with Gasteiger partial charge in [-0.05, 0) is 36.2 Å². The topological polar surface area (TPSA) is 62.6 Å². The van der Waals surface area contributed by atoms with Crippen LogP contribution in [0.25, 0.3) is 0 Å². The maximum Gasteiger partial charge on any atom is 0.257 e. The molecule has 0 aliphatic carbocycles. The molecule has 1 amide bonds. The largest absolute Gasteiger partial charge is 0.490 e. The van der Waals surface area contributed by atoms with Crippen molar-refractivity contribution in [2.75, 3.05) is 26.3 Å². The molecule has 158 valence electrons. The van der Waals surface area contributed by atoms with Gasteiger partial charge in [-0.15, -0.1) is 0 Å². The molecular weight excluding hydrogens is 388 g/mol. The summed E-state index contributed by atoms with van der Waals surface area (Å²) in [6.07, 6.45) is 1.01. The maximum atomic E-state index is 13.3. The molecule has 31 heavy (non-hydrogen) atoms. The number of nitriles is 1. The number of hydrogen-bond acceptors (Lipinski definition) is 4. The molecule has 0 atom stereocenters. The van der Waals surface area contributed by atoms with Crippen molar-refractivity contribution in [3.63, 3.8) is 0 Å². The van der Waals surface area contributed by atoms with Gasteiger partial charge in [0.2, 0.25) is 0 Å². The lowest BCUT2D eigenvalue weighted by molar-refractivity contribution is 0.0755. The number of carbonyl (C=O) groups excluding carboxylic acids is 1. The molecule has 0 unspecified atom stereocenters. The van der Waals surface area contributed by atoms with Crippen molar-refractivity contribution in [2.45, 2.75) is 12.8 Å². The van der Waals surface area contributed by atoms with Gasteiger partial charge in [-0.1, -0.05) is 60.7 Å². The molecule has 0 aliphatic heterocycles. The first kappa shape index (κ1) is 21.9. The van der Waals surface area contributed by atoms with Crippen LogP contribution in [0.1, 0.15) is 22.3 Å². The Morgan fingerprint density at radius 1 is 0.806 bits per heavy atom. The lowest BCUT2D eigenvalue weighted by Gasteiger charge is -2.23. The minimum atomic E-state index is -0.134. The van der Waals surface area contributed by atoms with Crippen molar-refractivity contribution in [1.29, 1.82) is 5.26 Å². The van der Waals surface area contributed by atoms with Crippen molar-refractivity contribution in [3.8, 4) is 17.6 Å². The number of carbonyl (C=O) groups is 1. The Balaban J connectivity index is 1.62. The van der Waals surface area contributed by atoms with E-state index in [1.807, 2.05) is 72.8 Å². The second kappa shape index (κ2) is 12.0. The molecular formula is C26H26N2O3. The quantitative estimate of drug-likeness (QED) is 0.425. The lowest BCUT2D eigenvalue weighted by Crippen LogP contribution is -2.34. The fourth-order valence-electron chi connectivity index (χ4n) is 3.18. The summed E-state index contributed by atoms with van der Waals surface area (Å²) in [5.41, 5.74) is 1.65. The van der Waals surface area contributed by atoms with E-state index in [-0.39, 0.29) is 12.3 Å². The number of hydrogen-bond donors (Lipinski definition) is 0. The van der Waals surface area contributed by atoms with E-state index in [1.165, 1.54) is 0 Å². The highest BCUT2D eigenvalue weighted by atomic mass is 16.5. The van der Waals surface area contributed by atoms with E-state index in [1.54, 1.807) is 17.0 Å². The van der Waals surface area contributed by atoms with Gasteiger partial charge in [0, 0.05) is 13.1 Å². The van der Waals surface area contributed by atoms with Crippen LogP contribution in [-0.2, 0) is 6.42 Å². The van der Waals surface area contributed by atoms with Gasteiger partial charge < -0.3 is 14.4 Å². The first-order valence-electron chi connectivity index (χ1n) is 10.4. The predicted molar refractivity (Wildman–Crippen MR) is 120 cm³/mol. The Hall–Kier alpha value is -3.78. The second-order valence-corrected chi connectivity index (χ2v) is 6.94. The molecule has 0 spiro atoms. The first-order chi connectivity index (χ1) is 15.3. The van der Waals surface area contributed by atoms with Crippen LogP contribution >= 0.6 is 0 Å². The highest BCUT2D eigenvalue weighted by molar-refractivity contribution is 5.97. The van der Waals surface area contributed by atoms with Crippen LogP contribution in [0.4, 0.5) is 0 Å². The van der Waals surface area contributed by atoms with Gasteiger partial charge in [0.1, 0.15) is 24.7 Å². The van der Waals surface area contributed by atoms with E-state index in [2.05, 4.69) is 6.07 Å². The summed E-state index contributed by atoms with van der Waals surface area (Å²) < 4.78 is 11.5. The lowest BCUT2D eigenvalue weighted by atomic mass is 10.1. The molecule has 3 rings (SSSR count). The zero-order valence-corrected chi connectivity index (χ0v) is 17.4. The smallest absolute Gasteiger partial charge is 0.257 e. The van der Waals surface area contributed by atoms with E-state index in [0.29, 0.717) is 37.6 Å². The average molecular weight is 415 g/mol. The molecule has 0 aliphatic rings. The minimum absolute atomic E-state index is 0.134. The molecule has 3 aromatic carbocycles. The number of rotatable bonds is 11. The molecule has 0 N–H and O–H groups in total. The number of para-hydroxylation sites is 2. The Labute approximate surface area is 183 Å². The number of amides is 1. The van der Waals surface area contributed by atoms with Gasteiger partial charge in [0.25, 0.3) is 5.91 Å². The summed E-state index contributed by atoms with van der Waals surface area (Å²) in [4.78, 5) is 15.0. The normalized spacial score (nSPS) is 10.2. The van der Waals surface area contributed by atoms with E-state index >= 15 is 0 Å². The predicted octanol–water partition coefficient (Wildman–Crippen LogP) is 4.74. The van der Waals surface area contributed by atoms with Crippen molar-refractivity contribution in [1.82, 2.24) is 4.90 Å². The fourth-order valence-corrected chi connectivity index (χ4v) is 3.18. The van der Waals surface area contributed by atoms with E-state index in [4.69, 9.17) is 14.7 Å². The zero-order valence-electron chi connectivity index (χ0n) is 17.4. The van der Waals surface area contributed by atoms with Crippen LogP contribution in [0.3, 0.4) is 0 Å². The summed E-state index contributed by atoms with van der Waals surface area (Å²) in [5, 5.41) is 9.02. The first-order valence-corrected chi connectivity index (χ1v) is 10.4. The summed E-state index contributed by atoms with van der Waals surface area (Å²) >= 11 is 0. The molecule has 0 saturated carbocycles. The van der Waals surface area contributed by atoms with Gasteiger partial charge in [0.15, 0.2) is 0 Å². The third kappa shape index (κ3) is 6.90. The van der Waals surface area contributed by atoms with Crippen molar-refractivity contribution in [2.24, 2.45) is 0 Å². The van der Waals surface area contributed by atoms with Crippen molar-refractivity contribution >= 4 is 5.91 Å². The Kier molecular flexibility index (Phi) is 8.51. The standard InChI is InChI=1S/C26H26N2O3/c27-17-9-18-28(19-16-22-10-3-1-4-11-22)26(29)24-14-7-8-15-25(24)31-21-20-30-23-12-5-2-6-13-23/h1-8,10-15H,9,16,18-21H2. The van der Waals surface area contributed by atoms with Crippen LogP contribution in [-0.4, -0.2) is 37.1 Å². The van der Waals surface area contributed by atoms with E-state index in [9.17, 15) is 4.79 Å². The molecule has 0 fully saturated rings. The fraction of sp³-hybridized carbons (Fsp3) is 0.231. The van der Waals surface area contributed by atoms with Gasteiger partial charge in [0.05, 0.1) is 18.1 Å². The molecule has 0 aromatic heterocycles. The van der Waals surface area contributed by atoms with Crippen LogP contribution in [0.2, 0.25) is 0 Å². The zero-order chi connectivity index (χ0) is 21.7. The summed E-state index contributed by atoms with van der Waals surface area (Å²) in [6.45, 7) is 1.61. The number of nitrogens with zero attached hydrogens (tertiary/aromatic N) is 2. The van der Waals surface area contributed by atoms with E-state index < -0.39 is 0 Å². The van der Waals surface area contributed by atoms with Gasteiger partial charge in [-0.2, -0.15) is 5.26 Å². The molecule has 5 heteroatoms. The van der Waals surface area contributed by atoms with Crippen LogP contribution in [0.15, 0.2) is 84.9 Å². The Morgan fingerprint density at radius 3 is 2.19 bits per heavy atom. The van der Waals surface area contributed by atoms with Gasteiger partial charge in [-0.3, -0.25) is 4.79 Å². The third-order valence-electron chi connectivity index (χ3n) is 4.76. The highest BCUT2D eigenvalue weighted by Crippen LogP contribution is 2.21. The summed E-state index contributed by atoms with van der Waals surface area (Å²) in [7, 11) is 0. The second-order valence-electron chi connectivity index (χ2n) is 6.94. The van der Waals surface area contributed by atoms with Crippen molar-refractivity contribution < 1.29 is 14.3 Å². The Bertz CT molecular complexity index is 984. The molecule has 3 aromatic rings. The monoisotopic (exact) mass is 414 g/mol. The Morgan fingerprint density at radius 2 is 1.45 bits per heavy atom. The molecule has 0 heterocycles. The molecule has 0 bridgehead atoms. The van der Waals surface area contributed by atoms with E-state index in [0.717, 1.165) is 17.7 Å². The summed E-state index contributed by atoms with van der Waals surface area (Å²) in [6, 6.07) is 28.9. The van der Waals surface area contributed by atoms with Crippen molar-refractivity contribution in [3.05, 3.63) is 96.1 Å². The number of ether oxygens (including phenoxy) is 2. The number of benzene rings is 3. The van der Waals surface area contributed by atoms with Gasteiger partial charge in [-0.25, -0.2) is 0 Å². The summed E-state index contributed by atoms with van der Waals surface area (Å²) in [5.74, 6) is 1.16. The highest BCUT2D eigenvalue weighted by Gasteiger charge is 2.19. The minimum Gasteiger partial charge on any atom is -0.490 e.